The van der Waals surface area contributed by atoms with Gasteiger partial charge in [-0.1, -0.05) is 30.3 Å². The van der Waals surface area contributed by atoms with Crippen LogP contribution in [0.25, 0.3) is 11.1 Å². The molecule has 0 spiro atoms. The highest BCUT2D eigenvalue weighted by Crippen LogP contribution is 2.34. The van der Waals surface area contributed by atoms with E-state index in [9.17, 15) is 14.3 Å². The number of anilines is 1. The molecule has 0 atom stereocenters. The maximum Gasteiger partial charge on any atom is 0.257 e. The Morgan fingerprint density at radius 1 is 1.18 bits per heavy atom. The Hall–Kier alpha value is -3.51. The maximum absolute atomic E-state index is 14.1. The third kappa shape index (κ3) is 4.26. The fourth-order valence-electron chi connectivity index (χ4n) is 4.36. The highest BCUT2D eigenvalue weighted by molar-refractivity contribution is 5.98. The minimum atomic E-state index is -1.11. The molecule has 33 heavy (non-hydrogen) atoms. The molecular formula is C27H28FN3O2. The molecule has 0 fully saturated rings. The molecule has 5 nitrogen and oxygen atoms in total. The molecule has 0 saturated carbocycles. The molecule has 0 aromatic heterocycles. The fourth-order valence-corrected chi connectivity index (χ4v) is 4.36. The van der Waals surface area contributed by atoms with Gasteiger partial charge in [0.1, 0.15) is 5.82 Å². The Labute approximate surface area is 193 Å². The number of hydrogen-bond acceptors (Lipinski definition) is 4. The van der Waals surface area contributed by atoms with Crippen LogP contribution in [0.3, 0.4) is 0 Å². The number of nitrogens with two attached hydrogens (primary N) is 1. The Kier molecular flexibility index (Phi) is 5.80. The predicted octanol–water partition coefficient (Wildman–Crippen LogP) is 4.82. The number of benzene rings is 3. The fraction of sp³-hybridized carbons (Fsp3) is 0.259. The molecule has 170 valence electrons. The molecule has 6 heteroatoms. The highest BCUT2D eigenvalue weighted by atomic mass is 19.1. The number of aliphatic imine (C=N–C) groups is 1. The molecule has 4 rings (SSSR count). The van der Waals surface area contributed by atoms with Crippen LogP contribution in [0.15, 0.2) is 53.5 Å². The van der Waals surface area contributed by atoms with Gasteiger partial charge in [-0.3, -0.25) is 9.79 Å². The minimum absolute atomic E-state index is 0.179. The van der Waals surface area contributed by atoms with Crippen molar-refractivity contribution in [1.82, 2.24) is 4.90 Å². The molecule has 0 unspecified atom stereocenters. The Bertz CT molecular complexity index is 1280. The van der Waals surface area contributed by atoms with Gasteiger partial charge in [0.15, 0.2) is 0 Å². The van der Waals surface area contributed by atoms with Crippen LogP contribution in [-0.4, -0.2) is 29.2 Å². The number of nitrogen functional groups attached to an aromatic ring is 1. The van der Waals surface area contributed by atoms with Crippen LogP contribution in [0.2, 0.25) is 0 Å². The summed E-state index contributed by atoms with van der Waals surface area (Å²) >= 11 is 0. The summed E-state index contributed by atoms with van der Waals surface area (Å²) in [6.45, 7) is 6.22. The van der Waals surface area contributed by atoms with Crippen LogP contribution >= 0.6 is 0 Å². The third-order valence-corrected chi connectivity index (χ3v) is 6.14. The second-order valence-electron chi connectivity index (χ2n) is 9.05. The Morgan fingerprint density at radius 3 is 2.58 bits per heavy atom. The summed E-state index contributed by atoms with van der Waals surface area (Å²) < 4.78 is 14.1. The zero-order valence-corrected chi connectivity index (χ0v) is 19.3. The summed E-state index contributed by atoms with van der Waals surface area (Å²) in [6.07, 6.45) is 1.69. The molecule has 0 radical (unpaired) electrons. The first-order valence-corrected chi connectivity index (χ1v) is 10.8. The van der Waals surface area contributed by atoms with Crippen molar-refractivity contribution in [3.63, 3.8) is 0 Å². The molecule has 1 heterocycles. The summed E-state index contributed by atoms with van der Waals surface area (Å²) in [5.74, 6) is -0.743. The number of aryl methyl sites for hydroxylation is 1. The minimum Gasteiger partial charge on any atom is -0.398 e. The van der Waals surface area contributed by atoms with Gasteiger partial charge in [0.05, 0.1) is 11.2 Å². The number of nitrogens with zero attached hydrogens (tertiary/aromatic N) is 2. The number of carbonyl (C=O) groups excluding carboxylic acids is 1. The average Bonchev–Trinajstić information content (AvgIpc) is 3.07. The van der Waals surface area contributed by atoms with E-state index < -0.39 is 11.4 Å². The molecule has 0 bridgehead atoms. The quantitative estimate of drug-likeness (QED) is 0.437. The van der Waals surface area contributed by atoms with Gasteiger partial charge >= 0.3 is 0 Å². The predicted molar refractivity (Wildman–Crippen MR) is 130 cm³/mol. The molecule has 1 aliphatic heterocycles. The van der Waals surface area contributed by atoms with Crippen LogP contribution in [0.5, 0.6) is 0 Å². The molecule has 0 saturated heterocycles. The van der Waals surface area contributed by atoms with E-state index in [4.69, 9.17) is 5.73 Å². The first kappa shape index (κ1) is 22.7. The van der Waals surface area contributed by atoms with Gasteiger partial charge in [-0.05, 0) is 66.8 Å². The molecule has 3 aromatic rings. The number of hydrogen-bond donors (Lipinski definition) is 2. The lowest BCUT2D eigenvalue weighted by Crippen LogP contribution is -2.24. The summed E-state index contributed by atoms with van der Waals surface area (Å²) in [7, 11) is 1.68. The van der Waals surface area contributed by atoms with Gasteiger partial charge in [0.25, 0.3) is 5.91 Å². The number of amides is 1. The summed E-state index contributed by atoms with van der Waals surface area (Å²) in [6, 6.07) is 14.6. The standard InChI is InChI=1S/C27H28FN3O2/c1-16-10-17(20-11-21(13-30-4)25(29)22(12-20)27(2,3)33)8-9-18(16)14-31-15-19-6-5-7-23(28)24(19)26(31)32/h5-13,33H,14-15,29H2,1-4H3. The second kappa shape index (κ2) is 8.45. The lowest BCUT2D eigenvalue weighted by molar-refractivity contribution is 0.0762. The van der Waals surface area contributed by atoms with E-state index in [1.54, 1.807) is 44.1 Å². The molecular weight excluding hydrogens is 417 g/mol. The molecule has 3 N–H and O–H groups in total. The average molecular weight is 446 g/mol. The van der Waals surface area contributed by atoms with Crippen molar-refractivity contribution in [3.8, 4) is 11.1 Å². The van der Waals surface area contributed by atoms with E-state index in [1.165, 1.54) is 6.07 Å². The summed E-state index contributed by atoms with van der Waals surface area (Å²) in [5, 5.41) is 10.6. The summed E-state index contributed by atoms with van der Waals surface area (Å²) in [5.41, 5.74) is 11.9. The van der Waals surface area contributed by atoms with Gasteiger partial charge in [-0.15, -0.1) is 0 Å². The van der Waals surface area contributed by atoms with Gasteiger partial charge in [-0.2, -0.15) is 0 Å². The van der Waals surface area contributed by atoms with Crippen LogP contribution in [0.4, 0.5) is 10.1 Å². The number of halogens is 1. The van der Waals surface area contributed by atoms with E-state index >= 15 is 0 Å². The first-order valence-electron chi connectivity index (χ1n) is 10.8. The molecule has 3 aromatic carbocycles. The van der Waals surface area contributed by atoms with E-state index in [0.29, 0.717) is 24.3 Å². The summed E-state index contributed by atoms with van der Waals surface area (Å²) in [4.78, 5) is 18.5. The number of aliphatic hydroxyl groups is 1. The topological polar surface area (TPSA) is 78.9 Å². The number of rotatable bonds is 5. The number of fused-ring (bicyclic) bond motifs is 1. The Balaban J connectivity index is 1.66. The maximum atomic E-state index is 14.1. The lowest BCUT2D eigenvalue weighted by Gasteiger charge is -2.23. The third-order valence-electron chi connectivity index (χ3n) is 6.14. The zero-order valence-electron chi connectivity index (χ0n) is 19.3. The van der Waals surface area contributed by atoms with E-state index in [1.807, 2.05) is 31.2 Å². The normalized spacial score (nSPS) is 13.8. The van der Waals surface area contributed by atoms with Gasteiger partial charge in [-0.25, -0.2) is 4.39 Å². The van der Waals surface area contributed by atoms with Crippen molar-refractivity contribution in [3.05, 3.63) is 87.7 Å². The Morgan fingerprint density at radius 2 is 1.94 bits per heavy atom. The van der Waals surface area contributed by atoms with Crippen molar-refractivity contribution in [2.24, 2.45) is 4.99 Å². The monoisotopic (exact) mass is 445 g/mol. The van der Waals surface area contributed by atoms with Crippen LogP contribution < -0.4 is 5.73 Å². The molecule has 1 aliphatic rings. The van der Waals surface area contributed by atoms with E-state index in [0.717, 1.165) is 33.4 Å². The lowest BCUT2D eigenvalue weighted by atomic mass is 9.89. The zero-order chi connectivity index (χ0) is 23.9. The van der Waals surface area contributed by atoms with Gasteiger partial charge < -0.3 is 15.7 Å². The van der Waals surface area contributed by atoms with Crippen LogP contribution in [0, 0.1) is 12.7 Å². The second-order valence-corrected chi connectivity index (χ2v) is 9.05. The molecule has 0 aliphatic carbocycles. The molecule has 1 amide bonds. The SMILES string of the molecule is CN=Cc1cc(-c2ccc(CN3Cc4cccc(F)c4C3=O)c(C)c2)cc(C(C)(C)O)c1N. The van der Waals surface area contributed by atoms with Crippen molar-refractivity contribution in [2.75, 3.05) is 12.8 Å². The van der Waals surface area contributed by atoms with Crippen LogP contribution in [0.1, 0.15) is 52.0 Å². The van der Waals surface area contributed by atoms with Crippen molar-refractivity contribution >= 4 is 17.8 Å². The van der Waals surface area contributed by atoms with Crippen molar-refractivity contribution < 1.29 is 14.3 Å². The van der Waals surface area contributed by atoms with E-state index in [2.05, 4.69) is 11.1 Å². The van der Waals surface area contributed by atoms with Crippen LogP contribution in [-0.2, 0) is 18.7 Å². The number of carbonyl (C=O) groups is 1. The smallest absolute Gasteiger partial charge is 0.257 e. The highest BCUT2D eigenvalue weighted by Gasteiger charge is 2.30. The van der Waals surface area contributed by atoms with Gasteiger partial charge in [0, 0.05) is 43.2 Å². The van der Waals surface area contributed by atoms with Gasteiger partial charge in [0.2, 0.25) is 0 Å². The largest absolute Gasteiger partial charge is 0.398 e. The van der Waals surface area contributed by atoms with Crippen molar-refractivity contribution in [1.29, 1.82) is 0 Å². The van der Waals surface area contributed by atoms with Crippen molar-refractivity contribution in [2.45, 2.75) is 39.5 Å². The van der Waals surface area contributed by atoms with E-state index in [-0.39, 0.29) is 11.5 Å². The first-order chi connectivity index (χ1) is 15.6.